The first-order chi connectivity index (χ1) is 11.7. The highest BCUT2D eigenvalue weighted by Crippen LogP contribution is 2.32. The minimum Gasteiger partial charge on any atom is -0.465 e. The fourth-order valence-corrected chi connectivity index (χ4v) is 2.62. The molecule has 0 spiro atoms. The van der Waals surface area contributed by atoms with Gasteiger partial charge in [-0.15, -0.1) is 0 Å². The number of carbonyl (C=O) groups is 1. The summed E-state index contributed by atoms with van der Waals surface area (Å²) in [5, 5.41) is 4.45. The van der Waals surface area contributed by atoms with Gasteiger partial charge in [0.05, 0.1) is 24.1 Å². The monoisotopic (exact) mass is 318 g/mol. The lowest BCUT2D eigenvalue weighted by molar-refractivity contribution is 0.0602. The number of fused-ring (bicyclic) bond motifs is 1. The van der Waals surface area contributed by atoms with E-state index in [0.29, 0.717) is 5.56 Å². The highest BCUT2D eigenvalue weighted by atomic mass is 16.5. The molecular weight excluding hydrogens is 300 g/mol. The van der Waals surface area contributed by atoms with Crippen LogP contribution in [0.2, 0.25) is 0 Å². The van der Waals surface area contributed by atoms with E-state index in [0.717, 1.165) is 28.1 Å². The molecule has 1 N–H and O–H groups in total. The molecule has 2 aliphatic carbocycles. The van der Waals surface area contributed by atoms with Crippen molar-refractivity contribution in [2.24, 2.45) is 5.10 Å². The van der Waals surface area contributed by atoms with Crippen LogP contribution in [0.5, 0.6) is 0 Å². The van der Waals surface area contributed by atoms with Crippen molar-refractivity contribution >= 4 is 17.4 Å². The van der Waals surface area contributed by atoms with Gasteiger partial charge in [0.1, 0.15) is 0 Å². The zero-order valence-electron chi connectivity index (χ0n) is 13.6. The molecule has 1 aromatic rings. The van der Waals surface area contributed by atoms with E-state index in [-0.39, 0.29) is 5.97 Å². The van der Waals surface area contributed by atoms with Gasteiger partial charge in [-0.1, -0.05) is 48.5 Å². The molecule has 0 bridgehead atoms. The average molecular weight is 318 g/mol. The molecule has 0 saturated heterocycles. The zero-order chi connectivity index (χ0) is 16.9. The molecular formula is C20H18N2O2. The number of benzene rings is 1. The molecule has 0 fully saturated rings. The average Bonchev–Trinajstić information content (AvgIpc) is 2.81. The SMILES string of the molecule is COC(=O)c1cc(/C(C)=N/Nc2ccccc2)c2cccccc1-2. The molecule has 120 valence electrons. The summed E-state index contributed by atoms with van der Waals surface area (Å²) in [7, 11) is 1.39. The molecule has 2 aliphatic rings. The van der Waals surface area contributed by atoms with E-state index >= 15 is 0 Å². The van der Waals surface area contributed by atoms with Crippen molar-refractivity contribution in [3.63, 3.8) is 0 Å². The molecule has 3 rings (SSSR count). The lowest BCUT2D eigenvalue weighted by Gasteiger charge is -2.04. The Morgan fingerprint density at radius 1 is 0.917 bits per heavy atom. The van der Waals surface area contributed by atoms with Crippen LogP contribution in [0.15, 0.2) is 71.8 Å². The molecule has 0 aromatic heterocycles. The van der Waals surface area contributed by atoms with Gasteiger partial charge in [-0.05, 0) is 36.2 Å². The van der Waals surface area contributed by atoms with E-state index in [9.17, 15) is 4.79 Å². The van der Waals surface area contributed by atoms with Gasteiger partial charge in [-0.3, -0.25) is 5.43 Å². The van der Waals surface area contributed by atoms with Crippen LogP contribution in [-0.2, 0) is 4.74 Å². The van der Waals surface area contributed by atoms with Crippen molar-refractivity contribution in [2.45, 2.75) is 6.92 Å². The fourth-order valence-electron chi connectivity index (χ4n) is 2.62. The van der Waals surface area contributed by atoms with Gasteiger partial charge in [0.2, 0.25) is 0 Å². The second kappa shape index (κ2) is 6.96. The maximum Gasteiger partial charge on any atom is 0.338 e. The van der Waals surface area contributed by atoms with E-state index in [1.807, 2.05) is 73.7 Å². The summed E-state index contributed by atoms with van der Waals surface area (Å²) in [6.07, 6.45) is 0. The minimum absolute atomic E-state index is 0.346. The molecule has 24 heavy (non-hydrogen) atoms. The molecule has 0 saturated carbocycles. The first kappa shape index (κ1) is 15.7. The number of methoxy groups -OCH3 is 1. The Morgan fingerprint density at radius 2 is 1.50 bits per heavy atom. The van der Waals surface area contributed by atoms with Crippen LogP contribution in [0.1, 0.15) is 22.8 Å². The molecule has 0 radical (unpaired) electrons. The Labute approximate surface area is 141 Å². The van der Waals surface area contributed by atoms with Gasteiger partial charge in [0.15, 0.2) is 0 Å². The van der Waals surface area contributed by atoms with E-state index < -0.39 is 0 Å². The summed E-state index contributed by atoms with van der Waals surface area (Å²) in [6, 6.07) is 21.3. The largest absolute Gasteiger partial charge is 0.465 e. The highest BCUT2D eigenvalue weighted by Gasteiger charge is 2.21. The van der Waals surface area contributed by atoms with Crippen LogP contribution in [0.3, 0.4) is 0 Å². The van der Waals surface area contributed by atoms with Crippen molar-refractivity contribution in [3.05, 3.63) is 77.9 Å². The summed E-state index contributed by atoms with van der Waals surface area (Å²) in [5.74, 6) is -0.346. The Kier molecular flexibility index (Phi) is 4.57. The second-order valence-electron chi connectivity index (χ2n) is 5.38. The van der Waals surface area contributed by atoms with Crippen LogP contribution < -0.4 is 5.43 Å². The van der Waals surface area contributed by atoms with Crippen LogP contribution >= 0.6 is 0 Å². The predicted molar refractivity (Wildman–Crippen MR) is 96.7 cm³/mol. The number of esters is 1. The first-order valence-electron chi connectivity index (χ1n) is 7.66. The quantitative estimate of drug-likeness (QED) is 0.440. The van der Waals surface area contributed by atoms with Crippen molar-refractivity contribution in [1.82, 2.24) is 0 Å². The number of nitrogens with zero attached hydrogens (tertiary/aromatic N) is 1. The van der Waals surface area contributed by atoms with Gasteiger partial charge in [0, 0.05) is 5.56 Å². The van der Waals surface area contributed by atoms with E-state index in [2.05, 4.69) is 10.5 Å². The minimum atomic E-state index is -0.346. The molecule has 0 heterocycles. The summed E-state index contributed by atoms with van der Waals surface area (Å²) in [5.41, 5.74) is 8.03. The smallest absolute Gasteiger partial charge is 0.338 e. The van der Waals surface area contributed by atoms with Crippen molar-refractivity contribution in [1.29, 1.82) is 0 Å². The molecule has 4 nitrogen and oxygen atoms in total. The molecule has 0 amide bonds. The number of para-hydroxylation sites is 1. The van der Waals surface area contributed by atoms with E-state index in [1.165, 1.54) is 7.11 Å². The number of anilines is 1. The Bertz CT molecular complexity index is 857. The number of nitrogens with one attached hydrogen (secondary N) is 1. The van der Waals surface area contributed by atoms with Gasteiger partial charge in [-0.2, -0.15) is 5.10 Å². The number of carbonyl (C=O) groups excluding carboxylic acids is 1. The second-order valence-corrected chi connectivity index (χ2v) is 5.38. The summed E-state index contributed by atoms with van der Waals surface area (Å²) < 4.78 is 4.90. The number of hydrazone groups is 1. The van der Waals surface area contributed by atoms with Gasteiger partial charge in [-0.25, -0.2) is 4.79 Å². The third-order valence-electron chi connectivity index (χ3n) is 3.83. The summed E-state index contributed by atoms with van der Waals surface area (Å²) in [4.78, 5) is 12.1. The summed E-state index contributed by atoms with van der Waals surface area (Å²) in [6.45, 7) is 1.92. The number of ether oxygens (including phenoxy) is 1. The lowest BCUT2D eigenvalue weighted by atomic mass is 10.1. The maximum atomic E-state index is 12.1. The van der Waals surface area contributed by atoms with Crippen LogP contribution in [-0.4, -0.2) is 18.8 Å². The molecule has 4 heteroatoms. The maximum absolute atomic E-state index is 12.1. The Hall–Kier alpha value is -3.14. The standard InChI is InChI=1S/C20H18N2O2/c1-14(21-22-15-9-5-3-6-10-15)18-13-19(20(23)24-2)17-12-8-4-7-11-16(17)18/h3-13,22H,1-2H3/b21-14+. The zero-order valence-corrected chi connectivity index (χ0v) is 13.6. The summed E-state index contributed by atoms with van der Waals surface area (Å²) >= 11 is 0. The number of hydrogen-bond donors (Lipinski definition) is 1. The van der Waals surface area contributed by atoms with Gasteiger partial charge < -0.3 is 4.74 Å². The highest BCUT2D eigenvalue weighted by molar-refractivity contribution is 6.11. The van der Waals surface area contributed by atoms with Gasteiger partial charge in [0.25, 0.3) is 0 Å². The lowest BCUT2D eigenvalue weighted by Crippen LogP contribution is -2.00. The van der Waals surface area contributed by atoms with Gasteiger partial charge >= 0.3 is 5.97 Å². The van der Waals surface area contributed by atoms with Crippen molar-refractivity contribution < 1.29 is 9.53 Å². The van der Waals surface area contributed by atoms with Crippen molar-refractivity contribution in [2.75, 3.05) is 12.5 Å². The van der Waals surface area contributed by atoms with Crippen LogP contribution in [0, 0.1) is 0 Å². The third-order valence-corrected chi connectivity index (χ3v) is 3.83. The molecule has 0 aliphatic heterocycles. The van der Waals surface area contributed by atoms with Crippen LogP contribution in [0.25, 0.3) is 11.1 Å². The fraction of sp³-hybridized carbons (Fsp3) is 0.100. The van der Waals surface area contributed by atoms with Crippen LogP contribution in [0.4, 0.5) is 5.69 Å². The van der Waals surface area contributed by atoms with E-state index in [1.54, 1.807) is 0 Å². The Balaban J connectivity index is 2.01. The normalized spacial score (nSPS) is 11.3. The van der Waals surface area contributed by atoms with E-state index in [4.69, 9.17) is 4.74 Å². The number of hydrogen-bond acceptors (Lipinski definition) is 4. The molecule has 0 atom stereocenters. The number of rotatable bonds is 4. The predicted octanol–water partition coefficient (Wildman–Crippen LogP) is 4.41. The topological polar surface area (TPSA) is 50.7 Å². The molecule has 0 unspecified atom stereocenters. The molecule has 1 aromatic carbocycles. The van der Waals surface area contributed by atoms with Crippen molar-refractivity contribution in [3.8, 4) is 11.1 Å². The first-order valence-corrected chi connectivity index (χ1v) is 7.66. The Morgan fingerprint density at radius 3 is 2.12 bits per heavy atom. The third kappa shape index (κ3) is 3.13.